The van der Waals surface area contributed by atoms with Crippen molar-refractivity contribution in [3.05, 3.63) is 0 Å². The second-order valence-corrected chi connectivity index (χ2v) is 8.62. The van der Waals surface area contributed by atoms with Crippen molar-refractivity contribution in [2.45, 2.75) is 45.4 Å². The molecule has 118 valence electrons. The first-order chi connectivity index (χ1) is 9.49. The van der Waals surface area contributed by atoms with E-state index in [2.05, 4.69) is 11.8 Å². The zero-order valence-corrected chi connectivity index (χ0v) is 13.9. The molecule has 0 radical (unpaired) electrons. The fourth-order valence-electron chi connectivity index (χ4n) is 3.66. The number of nitrogens with zero attached hydrogens (tertiary/aromatic N) is 2. The highest BCUT2D eigenvalue weighted by Gasteiger charge is 2.27. The van der Waals surface area contributed by atoms with E-state index in [1.165, 1.54) is 51.4 Å². The Morgan fingerprint density at radius 3 is 2.40 bits per heavy atom. The van der Waals surface area contributed by atoms with Gasteiger partial charge < -0.3 is 4.90 Å². The number of rotatable bonds is 4. The van der Waals surface area contributed by atoms with E-state index >= 15 is 0 Å². The molecular weight excluding hydrogens is 272 g/mol. The summed E-state index contributed by atoms with van der Waals surface area (Å²) in [7, 11) is -3.00. The first kappa shape index (κ1) is 16.2. The lowest BCUT2D eigenvalue weighted by atomic mass is 9.98. The molecule has 2 rings (SSSR count). The van der Waals surface area contributed by atoms with Gasteiger partial charge in [-0.25, -0.2) is 12.7 Å². The molecule has 2 aliphatic rings. The summed E-state index contributed by atoms with van der Waals surface area (Å²) in [5.74, 6) is 1.43. The summed E-state index contributed by atoms with van der Waals surface area (Å²) in [6.07, 6.45) is 8.84. The molecule has 20 heavy (non-hydrogen) atoms. The number of sulfonamides is 1. The van der Waals surface area contributed by atoms with Crippen LogP contribution in [0.2, 0.25) is 0 Å². The monoisotopic (exact) mass is 302 g/mol. The SMILES string of the molecule is CC[C@@H]1CCCN(C[C@@H]2CCCN(S(C)(=O)=O)C2)CC1. The van der Waals surface area contributed by atoms with E-state index in [1.807, 2.05) is 0 Å². The van der Waals surface area contributed by atoms with E-state index < -0.39 is 10.0 Å². The summed E-state index contributed by atoms with van der Waals surface area (Å²) in [6.45, 7) is 7.23. The summed E-state index contributed by atoms with van der Waals surface area (Å²) >= 11 is 0. The van der Waals surface area contributed by atoms with E-state index in [0.29, 0.717) is 12.5 Å². The Bertz CT molecular complexity index is 397. The minimum atomic E-state index is -3.00. The first-order valence-electron chi connectivity index (χ1n) is 8.16. The highest BCUT2D eigenvalue weighted by molar-refractivity contribution is 7.88. The largest absolute Gasteiger partial charge is 0.303 e. The Morgan fingerprint density at radius 2 is 1.70 bits per heavy atom. The highest BCUT2D eigenvalue weighted by Crippen LogP contribution is 2.24. The second-order valence-electron chi connectivity index (χ2n) is 6.64. The van der Waals surface area contributed by atoms with Crippen LogP contribution < -0.4 is 0 Å². The molecule has 2 aliphatic heterocycles. The molecule has 0 unspecified atom stereocenters. The van der Waals surface area contributed by atoms with Gasteiger partial charge in [0.15, 0.2) is 0 Å². The summed E-state index contributed by atoms with van der Waals surface area (Å²) in [4.78, 5) is 2.58. The third-order valence-corrected chi connectivity index (χ3v) is 6.25. The zero-order valence-electron chi connectivity index (χ0n) is 13.1. The van der Waals surface area contributed by atoms with Crippen molar-refractivity contribution in [1.29, 1.82) is 0 Å². The van der Waals surface area contributed by atoms with Gasteiger partial charge in [-0.15, -0.1) is 0 Å². The molecule has 0 saturated carbocycles. The normalized spacial score (nSPS) is 31.1. The van der Waals surface area contributed by atoms with Gasteiger partial charge >= 0.3 is 0 Å². The Balaban J connectivity index is 1.83. The lowest BCUT2D eigenvalue weighted by molar-refractivity contribution is 0.181. The van der Waals surface area contributed by atoms with Crippen LogP contribution in [-0.2, 0) is 10.0 Å². The second kappa shape index (κ2) is 7.23. The topological polar surface area (TPSA) is 40.6 Å². The van der Waals surface area contributed by atoms with Crippen molar-refractivity contribution in [2.75, 3.05) is 39.0 Å². The third kappa shape index (κ3) is 4.71. The quantitative estimate of drug-likeness (QED) is 0.799. The number of hydrogen-bond donors (Lipinski definition) is 0. The van der Waals surface area contributed by atoms with Gasteiger partial charge in [0.2, 0.25) is 10.0 Å². The lowest BCUT2D eigenvalue weighted by Gasteiger charge is -2.34. The van der Waals surface area contributed by atoms with Crippen LogP contribution in [0.1, 0.15) is 45.4 Å². The van der Waals surface area contributed by atoms with Crippen LogP contribution >= 0.6 is 0 Å². The third-order valence-electron chi connectivity index (χ3n) is 4.98. The predicted molar refractivity (Wildman–Crippen MR) is 83.2 cm³/mol. The van der Waals surface area contributed by atoms with Crippen LogP contribution in [0.4, 0.5) is 0 Å². The standard InChI is InChI=1S/C15H30N2O2S/c1-3-14-6-4-9-16(11-8-14)12-15-7-5-10-17(13-15)20(2,18)19/h14-15H,3-13H2,1-2H3/t14-,15+/m1/s1. The number of hydrogen-bond acceptors (Lipinski definition) is 3. The van der Waals surface area contributed by atoms with Crippen LogP contribution in [0.5, 0.6) is 0 Å². The maximum atomic E-state index is 11.7. The van der Waals surface area contributed by atoms with Gasteiger partial charge in [0, 0.05) is 19.6 Å². The maximum Gasteiger partial charge on any atom is 0.211 e. The average Bonchev–Trinajstić information content (AvgIpc) is 2.63. The zero-order chi connectivity index (χ0) is 14.6. The van der Waals surface area contributed by atoms with E-state index in [4.69, 9.17) is 0 Å². The molecule has 2 saturated heterocycles. The fraction of sp³-hybridized carbons (Fsp3) is 1.00. The van der Waals surface area contributed by atoms with E-state index in [-0.39, 0.29) is 0 Å². The first-order valence-corrected chi connectivity index (χ1v) is 10.0. The van der Waals surface area contributed by atoms with Gasteiger partial charge in [-0.05, 0) is 57.0 Å². The van der Waals surface area contributed by atoms with Crippen LogP contribution in [-0.4, -0.2) is 56.6 Å². The molecule has 0 aromatic heterocycles. The minimum absolute atomic E-state index is 0.525. The van der Waals surface area contributed by atoms with Gasteiger partial charge in [0.05, 0.1) is 6.26 Å². The molecule has 0 aliphatic carbocycles. The molecule has 0 aromatic rings. The molecule has 0 amide bonds. The summed E-state index contributed by atoms with van der Waals surface area (Å²) in [6, 6.07) is 0. The van der Waals surface area contributed by atoms with Crippen molar-refractivity contribution in [3.8, 4) is 0 Å². The number of likely N-dealkylation sites (tertiary alicyclic amines) is 1. The molecule has 0 spiro atoms. The van der Waals surface area contributed by atoms with Crippen LogP contribution in [0.25, 0.3) is 0 Å². The van der Waals surface area contributed by atoms with Crippen molar-refractivity contribution < 1.29 is 8.42 Å². The molecule has 2 heterocycles. The molecule has 5 heteroatoms. The Labute approximate surface area is 124 Å². The Kier molecular flexibility index (Phi) is 5.87. The molecule has 2 atom stereocenters. The average molecular weight is 302 g/mol. The van der Waals surface area contributed by atoms with Gasteiger partial charge in [-0.2, -0.15) is 0 Å². The molecule has 0 aromatic carbocycles. The van der Waals surface area contributed by atoms with Crippen molar-refractivity contribution in [2.24, 2.45) is 11.8 Å². The molecular formula is C15H30N2O2S. The van der Waals surface area contributed by atoms with Crippen LogP contribution in [0, 0.1) is 11.8 Å². The molecule has 0 N–H and O–H groups in total. The molecule has 2 fully saturated rings. The highest BCUT2D eigenvalue weighted by atomic mass is 32.2. The maximum absolute atomic E-state index is 11.7. The molecule has 4 nitrogen and oxygen atoms in total. The smallest absolute Gasteiger partial charge is 0.211 e. The number of piperidine rings is 1. The van der Waals surface area contributed by atoms with Gasteiger partial charge in [0.1, 0.15) is 0 Å². The van der Waals surface area contributed by atoms with Crippen LogP contribution in [0.15, 0.2) is 0 Å². The minimum Gasteiger partial charge on any atom is -0.303 e. The summed E-state index contributed by atoms with van der Waals surface area (Å²) < 4.78 is 25.0. The Morgan fingerprint density at radius 1 is 1.00 bits per heavy atom. The van der Waals surface area contributed by atoms with Crippen LogP contribution in [0.3, 0.4) is 0 Å². The van der Waals surface area contributed by atoms with E-state index in [1.54, 1.807) is 4.31 Å². The summed E-state index contributed by atoms with van der Waals surface area (Å²) in [5.41, 5.74) is 0. The van der Waals surface area contributed by atoms with Gasteiger partial charge in [0.25, 0.3) is 0 Å². The van der Waals surface area contributed by atoms with Crippen molar-refractivity contribution >= 4 is 10.0 Å². The lowest BCUT2D eigenvalue weighted by Crippen LogP contribution is -2.43. The summed E-state index contributed by atoms with van der Waals surface area (Å²) in [5, 5.41) is 0. The fourth-order valence-corrected chi connectivity index (χ4v) is 4.60. The van der Waals surface area contributed by atoms with Crippen molar-refractivity contribution in [1.82, 2.24) is 9.21 Å². The van der Waals surface area contributed by atoms with E-state index in [9.17, 15) is 8.42 Å². The van der Waals surface area contributed by atoms with E-state index in [0.717, 1.165) is 25.4 Å². The van der Waals surface area contributed by atoms with Crippen molar-refractivity contribution in [3.63, 3.8) is 0 Å². The van der Waals surface area contributed by atoms with Gasteiger partial charge in [-0.3, -0.25) is 0 Å². The van der Waals surface area contributed by atoms with Gasteiger partial charge in [-0.1, -0.05) is 13.3 Å². The Hall–Kier alpha value is -0.130. The molecule has 0 bridgehead atoms. The predicted octanol–water partition coefficient (Wildman–Crippen LogP) is 2.17.